The Balaban J connectivity index is 2.65. The third kappa shape index (κ3) is 7.92. The molecular weight excluding hydrogens is 126 g/mol. The molecule has 0 saturated heterocycles. The zero-order chi connectivity index (χ0) is 7.66. The van der Waals surface area contributed by atoms with E-state index in [9.17, 15) is 0 Å². The number of ether oxygens (including phenoxy) is 1. The molecule has 0 fully saturated rings. The molecule has 0 unspecified atom stereocenters. The van der Waals surface area contributed by atoms with Crippen molar-refractivity contribution in [3.8, 4) is 0 Å². The van der Waals surface area contributed by atoms with E-state index in [0.717, 1.165) is 32.7 Å². The van der Waals surface area contributed by atoms with Crippen LogP contribution in [-0.4, -0.2) is 26.3 Å². The van der Waals surface area contributed by atoms with Crippen LogP contribution in [0.4, 0.5) is 0 Å². The van der Waals surface area contributed by atoms with Crippen LogP contribution in [0.5, 0.6) is 0 Å². The molecule has 0 atom stereocenters. The molecule has 62 valence electrons. The van der Waals surface area contributed by atoms with E-state index in [0.29, 0.717) is 0 Å². The molecule has 0 rings (SSSR count). The van der Waals surface area contributed by atoms with Gasteiger partial charge in [-0.15, -0.1) is 0 Å². The van der Waals surface area contributed by atoms with Gasteiger partial charge in [0.2, 0.25) is 0 Å². The number of hydrogen-bond acceptors (Lipinski definition) is 2. The summed E-state index contributed by atoms with van der Waals surface area (Å²) in [5.41, 5.74) is 0. The zero-order valence-corrected chi connectivity index (χ0v) is 7.15. The van der Waals surface area contributed by atoms with Crippen molar-refractivity contribution in [2.24, 2.45) is 0 Å². The maximum absolute atomic E-state index is 5.17. The summed E-state index contributed by atoms with van der Waals surface area (Å²) >= 11 is 0. The van der Waals surface area contributed by atoms with Crippen LogP contribution in [-0.2, 0) is 4.74 Å². The zero-order valence-electron chi connectivity index (χ0n) is 7.15. The molecule has 2 nitrogen and oxygen atoms in total. The molecule has 0 aliphatic heterocycles. The molecule has 0 spiro atoms. The Hall–Kier alpha value is -0.0800. The van der Waals surface area contributed by atoms with Crippen molar-refractivity contribution in [3.05, 3.63) is 0 Å². The Bertz CT molecular complexity index is 49.2. The van der Waals surface area contributed by atoms with Crippen molar-refractivity contribution in [1.82, 2.24) is 5.32 Å². The summed E-state index contributed by atoms with van der Waals surface area (Å²) in [6.45, 7) is 8.16. The lowest BCUT2D eigenvalue weighted by molar-refractivity contribution is 0.145. The smallest absolute Gasteiger partial charge is 0.0477 e. The Morgan fingerprint density at radius 2 is 2.00 bits per heavy atom. The molecule has 0 aromatic rings. The largest absolute Gasteiger partial charge is 0.382 e. The molecule has 0 aliphatic carbocycles. The van der Waals surface area contributed by atoms with Gasteiger partial charge in [-0.25, -0.2) is 0 Å². The Morgan fingerprint density at radius 1 is 1.20 bits per heavy atom. The van der Waals surface area contributed by atoms with Crippen molar-refractivity contribution >= 4 is 0 Å². The van der Waals surface area contributed by atoms with Gasteiger partial charge in [-0.3, -0.25) is 0 Å². The summed E-state index contributed by atoms with van der Waals surface area (Å²) in [6, 6.07) is 0. The number of hydrogen-bond donors (Lipinski definition) is 1. The topological polar surface area (TPSA) is 21.3 Å². The minimum Gasteiger partial charge on any atom is -0.382 e. The van der Waals surface area contributed by atoms with E-state index in [1.165, 1.54) is 6.42 Å². The molecule has 0 aromatic carbocycles. The lowest BCUT2D eigenvalue weighted by Gasteiger charge is -2.01. The monoisotopic (exact) mass is 145 g/mol. The van der Waals surface area contributed by atoms with Crippen molar-refractivity contribution in [2.75, 3.05) is 26.3 Å². The van der Waals surface area contributed by atoms with E-state index in [1.54, 1.807) is 0 Å². The van der Waals surface area contributed by atoms with E-state index in [2.05, 4.69) is 12.2 Å². The molecule has 1 N–H and O–H groups in total. The van der Waals surface area contributed by atoms with Gasteiger partial charge < -0.3 is 10.1 Å². The molecule has 0 bridgehead atoms. The first-order valence-corrected chi connectivity index (χ1v) is 4.20. The minimum absolute atomic E-state index is 0.841. The number of nitrogens with one attached hydrogen (secondary N) is 1. The van der Waals surface area contributed by atoms with Gasteiger partial charge in [-0.05, 0) is 32.9 Å². The molecule has 0 aliphatic rings. The second kappa shape index (κ2) is 8.92. The first kappa shape index (κ1) is 9.92. The first-order valence-electron chi connectivity index (χ1n) is 4.20. The Morgan fingerprint density at radius 3 is 2.60 bits per heavy atom. The number of rotatable bonds is 7. The van der Waals surface area contributed by atoms with E-state index in [1.807, 2.05) is 6.92 Å². The van der Waals surface area contributed by atoms with Gasteiger partial charge >= 0.3 is 0 Å². The van der Waals surface area contributed by atoms with E-state index >= 15 is 0 Å². The van der Waals surface area contributed by atoms with Crippen LogP contribution in [0.2, 0.25) is 0 Å². The van der Waals surface area contributed by atoms with E-state index < -0.39 is 0 Å². The second-order valence-corrected chi connectivity index (χ2v) is 2.30. The van der Waals surface area contributed by atoms with Crippen LogP contribution < -0.4 is 5.32 Å². The molecule has 0 aromatic heterocycles. The van der Waals surface area contributed by atoms with E-state index in [4.69, 9.17) is 4.74 Å². The standard InChI is InChI=1S/C8H19NO/c1-3-6-9-7-5-8-10-4-2/h9H,3-8H2,1-2H3. The van der Waals surface area contributed by atoms with E-state index in [-0.39, 0.29) is 0 Å². The Kier molecular flexibility index (Phi) is 8.85. The van der Waals surface area contributed by atoms with Gasteiger partial charge in [0.15, 0.2) is 0 Å². The maximum atomic E-state index is 5.17. The highest BCUT2D eigenvalue weighted by atomic mass is 16.5. The highest BCUT2D eigenvalue weighted by Crippen LogP contribution is 1.80. The fraction of sp³-hybridized carbons (Fsp3) is 1.00. The predicted octanol–water partition coefficient (Wildman–Crippen LogP) is 1.41. The van der Waals surface area contributed by atoms with Crippen molar-refractivity contribution < 1.29 is 4.74 Å². The van der Waals surface area contributed by atoms with Gasteiger partial charge in [0.25, 0.3) is 0 Å². The minimum atomic E-state index is 0.841. The highest BCUT2D eigenvalue weighted by Gasteiger charge is 1.85. The summed E-state index contributed by atoms with van der Waals surface area (Å²) in [4.78, 5) is 0. The molecule has 0 heterocycles. The Labute approximate surface area is 64.0 Å². The first-order chi connectivity index (χ1) is 4.91. The van der Waals surface area contributed by atoms with Crippen molar-refractivity contribution in [1.29, 1.82) is 0 Å². The summed E-state index contributed by atoms with van der Waals surface area (Å²) in [5.74, 6) is 0. The average Bonchev–Trinajstić information content (AvgIpc) is 1.97. The molecule has 2 heteroatoms. The summed E-state index contributed by atoms with van der Waals surface area (Å²) < 4.78 is 5.17. The van der Waals surface area contributed by atoms with Crippen LogP contribution >= 0.6 is 0 Å². The normalized spacial score (nSPS) is 10.2. The third-order valence-electron chi connectivity index (χ3n) is 1.27. The molecular formula is C8H19NO. The lowest BCUT2D eigenvalue weighted by atomic mass is 10.4. The highest BCUT2D eigenvalue weighted by molar-refractivity contribution is 4.44. The van der Waals surface area contributed by atoms with Crippen LogP contribution in [0.3, 0.4) is 0 Å². The molecule has 0 radical (unpaired) electrons. The van der Waals surface area contributed by atoms with Crippen LogP contribution in [0.25, 0.3) is 0 Å². The van der Waals surface area contributed by atoms with Crippen LogP contribution in [0.15, 0.2) is 0 Å². The fourth-order valence-corrected chi connectivity index (χ4v) is 0.745. The quantitative estimate of drug-likeness (QED) is 0.547. The second-order valence-electron chi connectivity index (χ2n) is 2.30. The summed E-state index contributed by atoms with van der Waals surface area (Å²) in [5, 5.41) is 3.31. The van der Waals surface area contributed by atoms with Crippen molar-refractivity contribution in [3.63, 3.8) is 0 Å². The lowest BCUT2D eigenvalue weighted by Crippen LogP contribution is -2.17. The maximum Gasteiger partial charge on any atom is 0.0477 e. The van der Waals surface area contributed by atoms with Gasteiger partial charge in [-0.1, -0.05) is 6.92 Å². The summed E-state index contributed by atoms with van der Waals surface area (Å²) in [6.07, 6.45) is 2.35. The summed E-state index contributed by atoms with van der Waals surface area (Å²) in [7, 11) is 0. The predicted molar refractivity (Wildman–Crippen MR) is 44.3 cm³/mol. The molecule has 0 amide bonds. The molecule has 0 saturated carbocycles. The fourth-order valence-electron chi connectivity index (χ4n) is 0.745. The SMILES string of the molecule is CCCNCCCOCC. The van der Waals surface area contributed by atoms with Gasteiger partial charge in [-0.2, -0.15) is 0 Å². The molecule has 10 heavy (non-hydrogen) atoms. The average molecular weight is 145 g/mol. The third-order valence-corrected chi connectivity index (χ3v) is 1.27. The van der Waals surface area contributed by atoms with Gasteiger partial charge in [0.05, 0.1) is 0 Å². The van der Waals surface area contributed by atoms with Gasteiger partial charge in [0, 0.05) is 13.2 Å². The van der Waals surface area contributed by atoms with Crippen molar-refractivity contribution in [2.45, 2.75) is 26.7 Å². The van der Waals surface area contributed by atoms with Crippen LogP contribution in [0, 0.1) is 0 Å². The van der Waals surface area contributed by atoms with Crippen LogP contribution in [0.1, 0.15) is 26.7 Å². The van der Waals surface area contributed by atoms with Gasteiger partial charge in [0.1, 0.15) is 0 Å².